The van der Waals surface area contributed by atoms with Crippen LogP contribution in [0.5, 0.6) is 0 Å². The highest BCUT2D eigenvalue weighted by molar-refractivity contribution is 7.92. The fraction of sp³-hybridized carbons (Fsp3) is 0.350. The zero-order valence-electron chi connectivity index (χ0n) is 15.8. The molecule has 3 rings (SSSR count). The van der Waals surface area contributed by atoms with Crippen LogP contribution in [0.25, 0.3) is 0 Å². The van der Waals surface area contributed by atoms with Crippen LogP contribution in [0.1, 0.15) is 34.3 Å². The average Bonchev–Trinajstić information content (AvgIpc) is 2.65. The van der Waals surface area contributed by atoms with Gasteiger partial charge in [-0.15, -0.1) is 0 Å². The van der Waals surface area contributed by atoms with E-state index in [2.05, 4.69) is 4.72 Å². The van der Waals surface area contributed by atoms with Crippen molar-refractivity contribution in [3.05, 3.63) is 58.9 Å². The van der Waals surface area contributed by atoms with Crippen molar-refractivity contribution in [3.8, 4) is 0 Å². The standard InChI is InChI=1S/C20H23FN2O4S/c1-13-6-7-17(21)18(12-13)28(26,27)22-19-14(2)4-3-5-16(19)20(25)23-10-8-15(24)9-11-23/h3-7,12,15,22,24H,8-11H2,1-2H3. The molecule has 0 saturated carbocycles. The highest BCUT2D eigenvalue weighted by atomic mass is 32.2. The first-order valence-electron chi connectivity index (χ1n) is 9.05. The van der Waals surface area contributed by atoms with Crippen molar-refractivity contribution in [2.24, 2.45) is 0 Å². The summed E-state index contributed by atoms with van der Waals surface area (Å²) >= 11 is 0. The molecule has 0 atom stereocenters. The summed E-state index contributed by atoms with van der Waals surface area (Å²) in [4.78, 5) is 14.1. The van der Waals surface area contributed by atoms with Gasteiger partial charge in [-0.25, -0.2) is 12.8 Å². The maximum Gasteiger partial charge on any atom is 0.264 e. The number of carbonyl (C=O) groups is 1. The number of rotatable bonds is 4. The molecular formula is C20H23FN2O4S. The number of aryl methyl sites for hydroxylation is 2. The number of carbonyl (C=O) groups excluding carboxylic acids is 1. The number of nitrogens with one attached hydrogen (secondary N) is 1. The molecule has 8 heteroatoms. The Morgan fingerprint density at radius 3 is 2.54 bits per heavy atom. The van der Waals surface area contributed by atoms with E-state index < -0.39 is 26.8 Å². The minimum Gasteiger partial charge on any atom is -0.393 e. The van der Waals surface area contributed by atoms with Gasteiger partial charge in [0.25, 0.3) is 15.9 Å². The van der Waals surface area contributed by atoms with Crippen molar-refractivity contribution in [3.63, 3.8) is 0 Å². The molecule has 0 unspecified atom stereocenters. The minimum absolute atomic E-state index is 0.138. The second-order valence-electron chi connectivity index (χ2n) is 7.06. The number of hydrogen-bond acceptors (Lipinski definition) is 4. The molecule has 2 aromatic rings. The van der Waals surface area contributed by atoms with Gasteiger partial charge in [-0.05, 0) is 56.0 Å². The summed E-state index contributed by atoms with van der Waals surface area (Å²) in [6.07, 6.45) is 0.532. The van der Waals surface area contributed by atoms with E-state index in [0.717, 1.165) is 6.07 Å². The van der Waals surface area contributed by atoms with Crippen LogP contribution in [-0.4, -0.2) is 43.5 Å². The Kier molecular flexibility index (Phi) is 5.71. The van der Waals surface area contributed by atoms with E-state index in [0.29, 0.717) is 37.1 Å². The van der Waals surface area contributed by atoms with Gasteiger partial charge in [0.1, 0.15) is 10.7 Å². The third-order valence-corrected chi connectivity index (χ3v) is 6.23. The van der Waals surface area contributed by atoms with E-state index in [4.69, 9.17) is 0 Å². The van der Waals surface area contributed by atoms with Crippen LogP contribution in [0.15, 0.2) is 41.3 Å². The second-order valence-corrected chi connectivity index (χ2v) is 8.71. The molecule has 0 spiro atoms. The predicted molar refractivity (Wildman–Crippen MR) is 104 cm³/mol. The van der Waals surface area contributed by atoms with Crippen LogP contribution >= 0.6 is 0 Å². The van der Waals surface area contributed by atoms with Crippen molar-refractivity contribution in [2.75, 3.05) is 17.8 Å². The number of sulfonamides is 1. The topological polar surface area (TPSA) is 86.7 Å². The minimum atomic E-state index is -4.22. The summed E-state index contributed by atoms with van der Waals surface area (Å²) in [5.41, 5.74) is 1.50. The first-order chi connectivity index (χ1) is 13.2. The van der Waals surface area contributed by atoms with Gasteiger partial charge in [-0.1, -0.05) is 18.2 Å². The van der Waals surface area contributed by atoms with Gasteiger partial charge in [-0.2, -0.15) is 0 Å². The predicted octanol–water partition coefficient (Wildman–Crippen LogP) is 2.84. The fourth-order valence-corrected chi connectivity index (χ4v) is 4.54. The number of piperidine rings is 1. The number of likely N-dealkylation sites (tertiary alicyclic amines) is 1. The normalized spacial score (nSPS) is 15.5. The number of halogens is 1. The lowest BCUT2D eigenvalue weighted by Gasteiger charge is -2.30. The van der Waals surface area contributed by atoms with Gasteiger partial charge in [0.15, 0.2) is 0 Å². The maximum absolute atomic E-state index is 14.1. The molecule has 1 heterocycles. The maximum atomic E-state index is 14.1. The fourth-order valence-electron chi connectivity index (χ4n) is 3.23. The zero-order chi connectivity index (χ0) is 20.5. The highest BCUT2D eigenvalue weighted by Gasteiger charge is 2.27. The smallest absolute Gasteiger partial charge is 0.264 e. The van der Waals surface area contributed by atoms with Crippen LogP contribution < -0.4 is 4.72 Å². The molecule has 0 radical (unpaired) electrons. The second kappa shape index (κ2) is 7.89. The molecule has 0 aliphatic carbocycles. The Morgan fingerprint density at radius 2 is 1.86 bits per heavy atom. The first kappa shape index (κ1) is 20.3. The van der Waals surface area contributed by atoms with Gasteiger partial charge in [0.05, 0.1) is 17.4 Å². The van der Waals surface area contributed by atoms with Gasteiger partial charge in [0, 0.05) is 13.1 Å². The summed E-state index contributed by atoms with van der Waals surface area (Å²) in [5, 5.41) is 9.64. The average molecular weight is 406 g/mol. The van der Waals surface area contributed by atoms with Gasteiger partial charge >= 0.3 is 0 Å². The van der Waals surface area contributed by atoms with Crippen LogP contribution in [0, 0.1) is 19.7 Å². The van der Waals surface area contributed by atoms with E-state index >= 15 is 0 Å². The van der Waals surface area contributed by atoms with Crippen LogP contribution in [0.3, 0.4) is 0 Å². The Bertz CT molecular complexity index is 999. The Balaban J connectivity index is 1.96. The Labute approximate surface area is 164 Å². The summed E-state index contributed by atoms with van der Waals surface area (Å²) in [6, 6.07) is 8.75. The molecule has 150 valence electrons. The third-order valence-electron chi connectivity index (χ3n) is 4.87. The molecule has 0 bridgehead atoms. The molecule has 1 saturated heterocycles. The number of anilines is 1. The van der Waals surface area contributed by atoms with E-state index in [1.807, 2.05) is 0 Å². The molecule has 2 N–H and O–H groups in total. The van der Waals surface area contributed by atoms with Crippen molar-refractivity contribution >= 4 is 21.6 Å². The van der Waals surface area contributed by atoms with E-state index in [9.17, 15) is 22.7 Å². The Hall–Kier alpha value is -2.45. The van der Waals surface area contributed by atoms with Crippen LogP contribution in [0.2, 0.25) is 0 Å². The first-order valence-corrected chi connectivity index (χ1v) is 10.5. The molecule has 0 aromatic heterocycles. The lowest BCUT2D eigenvalue weighted by atomic mass is 10.0. The summed E-state index contributed by atoms with van der Waals surface area (Å²) < 4.78 is 42.2. The molecule has 2 aromatic carbocycles. The van der Waals surface area contributed by atoms with Crippen molar-refractivity contribution in [1.29, 1.82) is 0 Å². The lowest BCUT2D eigenvalue weighted by molar-refractivity contribution is 0.0547. The molecule has 1 aliphatic rings. The number of para-hydroxylation sites is 1. The van der Waals surface area contributed by atoms with Gasteiger partial charge < -0.3 is 10.0 Å². The molecule has 6 nitrogen and oxygen atoms in total. The number of aliphatic hydroxyl groups excluding tert-OH is 1. The van der Waals surface area contributed by atoms with Crippen molar-refractivity contribution in [2.45, 2.75) is 37.7 Å². The van der Waals surface area contributed by atoms with Gasteiger partial charge in [0.2, 0.25) is 0 Å². The number of amides is 1. The lowest BCUT2D eigenvalue weighted by Crippen LogP contribution is -2.40. The van der Waals surface area contributed by atoms with E-state index in [-0.39, 0.29) is 17.2 Å². The summed E-state index contributed by atoms with van der Waals surface area (Å²) in [7, 11) is -4.22. The summed E-state index contributed by atoms with van der Waals surface area (Å²) in [6.45, 7) is 4.15. The number of aliphatic hydroxyl groups is 1. The van der Waals surface area contributed by atoms with Crippen molar-refractivity contribution < 1.29 is 22.7 Å². The van der Waals surface area contributed by atoms with Crippen molar-refractivity contribution in [1.82, 2.24) is 4.90 Å². The zero-order valence-corrected chi connectivity index (χ0v) is 16.6. The summed E-state index contributed by atoms with van der Waals surface area (Å²) in [5.74, 6) is -1.18. The van der Waals surface area contributed by atoms with Crippen LogP contribution in [-0.2, 0) is 10.0 Å². The molecule has 28 heavy (non-hydrogen) atoms. The number of hydrogen-bond donors (Lipinski definition) is 2. The third kappa shape index (κ3) is 4.18. The van der Waals surface area contributed by atoms with E-state index in [1.54, 1.807) is 36.9 Å². The molecule has 1 fully saturated rings. The molecule has 1 aliphatic heterocycles. The monoisotopic (exact) mass is 406 g/mol. The van der Waals surface area contributed by atoms with Gasteiger partial charge in [-0.3, -0.25) is 9.52 Å². The molecular weight excluding hydrogens is 383 g/mol. The Morgan fingerprint density at radius 1 is 1.18 bits per heavy atom. The van der Waals surface area contributed by atoms with Crippen LogP contribution in [0.4, 0.5) is 10.1 Å². The highest BCUT2D eigenvalue weighted by Crippen LogP contribution is 2.27. The quantitative estimate of drug-likeness (QED) is 0.818. The largest absolute Gasteiger partial charge is 0.393 e. The van der Waals surface area contributed by atoms with E-state index in [1.165, 1.54) is 12.1 Å². The molecule has 1 amide bonds. The SMILES string of the molecule is Cc1ccc(F)c(S(=O)(=O)Nc2c(C)cccc2C(=O)N2CCC(O)CC2)c1. The number of nitrogens with zero attached hydrogens (tertiary/aromatic N) is 1. The number of benzene rings is 2.